The van der Waals surface area contributed by atoms with Crippen molar-refractivity contribution in [3.63, 3.8) is 0 Å². The number of aromatic amines is 1. The standard InChI is InChI=1S/C16H21N3/c1-12-3-5-13(6-4-12)15-11-16(18-17-15)14-7-9-19(2)10-8-14/h3-6,11,14H,7-10H2,1-2H3,(H,17,18). The van der Waals surface area contributed by atoms with Crippen molar-refractivity contribution >= 4 is 0 Å². The summed E-state index contributed by atoms with van der Waals surface area (Å²) in [6.45, 7) is 4.47. The van der Waals surface area contributed by atoms with Gasteiger partial charge in [0.25, 0.3) is 0 Å². The summed E-state index contributed by atoms with van der Waals surface area (Å²) in [6.07, 6.45) is 2.43. The van der Waals surface area contributed by atoms with Crippen molar-refractivity contribution in [1.29, 1.82) is 0 Å². The molecule has 1 aliphatic rings. The third-order valence-electron chi connectivity index (χ3n) is 4.10. The lowest BCUT2D eigenvalue weighted by Gasteiger charge is -2.27. The molecule has 0 amide bonds. The maximum absolute atomic E-state index is 4.52. The second-order valence-corrected chi connectivity index (χ2v) is 5.65. The van der Waals surface area contributed by atoms with E-state index in [4.69, 9.17) is 0 Å². The Kier molecular flexibility index (Phi) is 3.38. The predicted octanol–water partition coefficient (Wildman–Crippen LogP) is 3.19. The Hall–Kier alpha value is -1.61. The molecule has 100 valence electrons. The summed E-state index contributed by atoms with van der Waals surface area (Å²) in [5.74, 6) is 0.617. The zero-order valence-electron chi connectivity index (χ0n) is 11.7. The van der Waals surface area contributed by atoms with Crippen molar-refractivity contribution < 1.29 is 0 Å². The minimum atomic E-state index is 0.617. The van der Waals surface area contributed by atoms with Crippen molar-refractivity contribution in [3.05, 3.63) is 41.6 Å². The zero-order valence-corrected chi connectivity index (χ0v) is 11.7. The van der Waals surface area contributed by atoms with Crippen molar-refractivity contribution in [1.82, 2.24) is 15.1 Å². The Morgan fingerprint density at radius 1 is 1.16 bits per heavy atom. The number of nitrogens with one attached hydrogen (secondary N) is 1. The molecule has 0 spiro atoms. The maximum atomic E-state index is 4.52. The first-order valence-electron chi connectivity index (χ1n) is 7.03. The number of likely N-dealkylation sites (tertiary alicyclic amines) is 1. The Labute approximate surface area is 114 Å². The monoisotopic (exact) mass is 255 g/mol. The summed E-state index contributed by atoms with van der Waals surface area (Å²) in [5.41, 5.74) is 4.87. The van der Waals surface area contributed by atoms with Crippen molar-refractivity contribution in [2.75, 3.05) is 20.1 Å². The number of hydrogen-bond acceptors (Lipinski definition) is 2. The Balaban J connectivity index is 1.77. The van der Waals surface area contributed by atoms with E-state index in [0.717, 1.165) is 5.69 Å². The zero-order chi connectivity index (χ0) is 13.2. The minimum absolute atomic E-state index is 0.617. The summed E-state index contributed by atoms with van der Waals surface area (Å²) in [4.78, 5) is 2.39. The fourth-order valence-electron chi connectivity index (χ4n) is 2.73. The van der Waals surface area contributed by atoms with Gasteiger partial charge < -0.3 is 4.90 Å². The van der Waals surface area contributed by atoms with Gasteiger partial charge in [-0.1, -0.05) is 29.8 Å². The average Bonchev–Trinajstić information content (AvgIpc) is 2.90. The van der Waals surface area contributed by atoms with Crippen LogP contribution in [0.15, 0.2) is 30.3 Å². The van der Waals surface area contributed by atoms with Gasteiger partial charge in [-0.25, -0.2) is 0 Å². The van der Waals surface area contributed by atoms with Crippen molar-refractivity contribution in [2.24, 2.45) is 0 Å². The summed E-state index contributed by atoms with van der Waals surface area (Å²) in [6, 6.07) is 10.8. The molecule has 3 rings (SSSR count). The normalized spacial score (nSPS) is 17.8. The fourth-order valence-corrected chi connectivity index (χ4v) is 2.73. The molecule has 2 aromatic rings. The molecule has 0 bridgehead atoms. The molecule has 0 unspecified atom stereocenters. The smallest absolute Gasteiger partial charge is 0.0660 e. The van der Waals surface area contributed by atoms with E-state index in [1.54, 1.807) is 0 Å². The molecule has 0 radical (unpaired) electrons. The average molecular weight is 255 g/mol. The molecule has 1 fully saturated rings. The van der Waals surface area contributed by atoms with Crippen LogP contribution in [0.3, 0.4) is 0 Å². The second kappa shape index (κ2) is 5.17. The third kappa shape index (κ3) is 2.71. The molecule has 3 heteroatoms. The lowest BCUT2D eigenvalue weighted by molar-refractivity contribution is 0.253. The molecule has 3 nitrogen and oxygen atoms in total. The molecular formula is C16H21N3. The number of benzene rings is 1. The van der Waals surface area contributed by atoms with E-state index in [0.29, 0.717) is 5.92 Å². The highest BCUT2D eigenvalue weighted by Crippen LogP contribution is 2.28. The Morgan fingerprint density at radius 3 is 2.53 bits per heavy atom. The molecular weight excluding hydrogens is 234 g/mol. The van der Waals surface area contributed by atoms with Gasteiger partial charge in [0, 0.05) is 5.92 Å². The summed E-state index contributed by atoms with van der Waals surface area (Å²) in [7, 11) is 2.19. The van der Waals surface area contributed by atoms with Gasteiger partial charge in [0.05, 0.1) is 11.4 Å². The van der Waals surface area contributed by atoms with E-state index in [9.17, 15) is 0 Å². The molecule has 2 heterocycles. The van der Waals surface area contributed by atoms with Crippen LogP contribution >= 0.6 is 0 Å². The number of aryl methyl sites for hydroxylation is 1. The van der Waals surface area contributed by atoms with E-state index in [1.807, 2.05) is 0 Å². The quantitative estimate of drug-likeness (QED) is 0.893. The first-order chi connectivity index (χ1) is 9.22. The SMILES string of the molecule is Cc1ccc(-c2cc(C3CCN(C)CC3)n[nH]2)cc1. The fraction of sp³-hybridized carbons (Fsp3) is 0.438. The van der Waals surface area contributed by atoms with Gasteiger partial charge >= 0.3 is 0 Å². The lowest BCUT2D eigenvalue weighted by atomic mass is 9.93. The van der Waals surface area contributed by atoms with E-state index < -0.39 is 0 Å². The Bertz CT molecular complexity index is 533. The molecule has 1 aromatic heterocycles. The molecule has 0 atom stereocenters. The van der Waals surface area contributed by atoms with Crippen molar-refractivity contribution in [3.8, 4) is 11.3 Å². The highest BCUT2D eigenvalue weighted by Gasteiger charge is 2.20. The molecule has 1 aliphatic heterocycles. The van der Waals surface area contributed by atoms with Gasteiger partial charge in [0.1, 0.15) is 0 Å². The van der Waals surface area contributed by atoms with Gasteiger partial charge in [-0.05, 0) is 51.5 Å². The molecule has 0 aliphatic carbocycles. The summed E-state index contributed by atoms with van der Waals surface area (Å²) in [5, 5.41) is 7.71. The number of piperidine rings is 1. The first-order valence-corrected chi connectivity index (χ1v) is 7.03. The van der Waals surface area contributed by atoms with Crippen molar-refractivity contribution in [2.45, 2.75) is 25.7 Å². The van der Waals surface area contributed by atoms with Crippen LogP contribution in [-0.2, 0) is 0 Å². The molecule has 1 N–H and O–H groups in total. The summed E-state index contributed by atoms with van der Waals surface area (Å²) >= 11 is 0. The van der Waals surface area contributed by atoms with Crippen LogP contribution in [-0.4, -0.2) is 35.2 Å². The molecule has 0 saturated carbocycles. The molecule has 1 saturated heterocycles. The lowest BCUT2D eigenvalue weighted by Crippen LogP contribution is -2.29. The van der Waals surface area contributed by atoms with Gasteiger partial charge in [-0.3, -0.25) is 5.10 Å². The number of aromatic nitrogens is 2. The van der Waals surface area contributed by atoms with E-state index in [1.165, 1.54) is 42.8 Å². The van der Waals surface area contributed by atoms with Crippen LogP contribution in [0.5, 0.6) is 0 Å². The highest BCUT2D eigenvalue weighted by molar-refractivity contribution is 5.59. The maximum Gasteiger partial charge on any atom is 0.0660 e. The van der Waals surface area contributed by atoms with Crippen LogP contribution in [0.4, 0.5) is 0 Å². The minimum Gasteiger partial charge on any atom is -0.306 e. The van der Waals surface area contributed by atoms with Crippen LogP contribution in [0.2, 0.25) is 0 Å². The van der Waals surface area contributed by atoms with Gasteiger partial charge in [0.2, 0.25) is 0 Å². The largest absolute Gasteiger partial charge is 0.306 e. The Morgan fingerprint density at radius 2 is 1.84 bits per heavy atom. The number of H-pyrrole nitrogens is 1. The topological polar surface area (TPSA) is 31.9 Å². The number of nitrogens with zero attached hydrogens (tertiary/aromatic N) is 2. The van der Waals surface area contributed by atoms with Crippen LogP contribution in [0.25, 0.3) is 11.3 Å². The van der Waals surface area contributed by atoms with Crippen LogP contribution in [0, 0.1) is 6.92 Å². The predicted molar refractivity (Wildman–Crippen MR) is 78.2 cm³/mol. The van der Waals surface area contributed by atoms with Gasteiger partial charge in [0.15, 0.2) is 0 Å². The summed E-state index contributed by atoms with van der Waals surface area (Å²) < 4.78 is 0. The van der Waals surface area contributed by atoms with Crippen LogP contribution < -0.4 is 0 Å². The number of rotatable bonds is 2. The first kappa shape index (κ1) is 12.4. The van der Waals surface area contributed by atoms with Crippen LogP contribution in [0.1, 0.15) is 30.0 Å². The third-order valence-corrected chi connectivity index (χ3v) is 4.10. The second-order valence-electron chi connectivity index (χ2n) is 5.65. The van der Waals surface area contributed by atoms with E-state index in [2.05, 4.69) is 59.4 Å². The highest BCUT2D eigenvalue weighted by atomic mass is 15.1. The molecule has 1 aromatic carbocycles. The van der Waals surface area contributed by atoms with E-state index >= 15 is 0 Å². The van der Waals surface area contributed by atoms with Gasteiger partial charge in [-0.2, -0.15) is 5.10 Å². The molecule has 19 heavy (non-hydrogen) atoms. The van der Waals surface area contributed by atoms with Gasteiger partial charge in [-0.15, -0.1) is 0 Å². The van der Waals surface area contributed by atoms with E-state index in [-0.39, 0.29) is 0 Å². The number of hydrogen-bond donors (Lipinski definition) is 1.